The summed E-state index contributed by atoms with van der Waals surface area (Å²) < 4.78 is 0. The summed E-state index contributed by atoms with van der Waals surface area (Å²) in [7, 11) is 0. The fourth-order valence-corrected chi connectivity index (χ4v) is 3.35. The molecule has 1 aromatic heterocycles. The van der Waals surface area contributed by atoms with Crippen LogP contribution in [0.15, 0.2) is 6.07 Å². The van der Waals surface area contributed by atoms with Crippen molar-refractivity contribution in [1.82, 2.24) is 14.9 Å². The monoisotopic (exact) mass is 261 g/mol. The van der Waals surface area contributed by atoms with Crippen molar-refractivity contribution in [2.45, 2.75) is 45.2 Å². The van der Waals surface area contributed by atoms with E-state index in [9.17, 15) is 0 Å². The van der Waals surface area contributed by atoms with Gasteiger partial charge in [0.25, 0.3) is 0 Å². The van der Waals surface area contributed by atoms with Crippen LogP contribution in [0, 0.1) is 6.92 Å². The zero-order valence-corrected chi connectivity index (χ0v) is 11.8. The fraction of sp³-hybridized carbons (Fsp3) is 0.714. The summed E-state index contributed by atoms with van der Waals surface area (Å²) in [5.74, 6) is 2.70. The average molecular weight is 261 g/mol. The van der Waals surface area contributed by atoms with Gasteiger partial charge in [-0.05, 0) is 39.7 Å². The van der Waals surface area contributed by atoms with Crippen molar-refractivity contribution in [3.63, 3.8) is 0 Å². The van der Waals surface area contributed by atoms with Crippen molar-refractivity contribution in [2.24, 2.45) is 0 Å². The van der Waals surface area contributed by atoms with Gasteiger partial charge in [-0.1, -0.05) is 0 Å². The van der Waals surface area contributed by atoms with Crippen molar-refractivity contribution >= 4 is 11.6 Å². The SMILES string of the molecule is CCNc1cc(NC2CCN3CCCC23)nc(C)n1. The lowest BCUT2D eigenvalue weighted by atomic mass is 10.1. The first kappa shape index (κ1) is 12.7. The van der Waals surface area contributed by atoms with Gasteiger partial charge in [-0.2, -0.15) is 0 Å². The molecule has 2 N–H and O–H groups in total. The summed E-state index contributed by atoms with van der Waals surface area (Å²) in [6, 6.07) is 3.28. The molecule has 0 amide bonds. The molecule has 2 fully saturated rings. The standard InChI is InChI=1S/C14H23N5/c1-3-15-13-9-14(17-10(2)16-13)18-11-6-8-19-7-4-5-12(11)19/h9,11-12H,3-8H2,1-2H3,(H2,15,16,17,18). The summed E-state index contributed by atoms with van der Waals surface area (Å²) in [5, 5.41) is 6.88. The zero-order chi connectivity index (χ0) is 13.2. The zero-order valence-electron chi connectivity index (χ0n) is 11.8. The van der Waals surface area contributed by atoms with Gasteiger partial charge in [0.1, 0.15) is 17.5 Å². The maximum Gasteiger partial charge on any atom is 0.132 e. The van der Waals surface area contributed by atoms with Gasteiger partial charge in [0, 0.05) is 31.2 Å². The van der Waals surface area contributed by atoms with Crippen LogP contribution in [-0.2, 0) is 0 Å². The van der Waals surface area contributed by atoms with Gasteiger partial charge >= 0.3 is 0 Å². The third kappa shape index (κ3) is 2.66. The highest BCUT2D eigenvalue weighted by atomic mass is 15.2. The van der Waals surface area contributed by atoms with E-state index in [1.165, 1.54) is 32.4 Å². The Hall–Kier alpha value is -1.36. The van der Waals surface area contributed by atoms with Crippen LogP contribution in [-0.4, -0.2) is 46.6 Å². The van der Waals surface area contributed by atoms with Gasteiger partial charge in [-0.3, -0.25) is 4.90 Å². The topological polar surface area (TPSA) is 53.1 Å². The van der Waals surface area contributed by atoms with E-state index >= 15 is 0 Å². The summed E-state index contributed by atoms with van der Waals surface area (Å²) in [6.07, 6.45) is 3.89. The summed E-state index contributed by atoms with van der Waals surface area (Å²) in [4.78, 5) is 11.5. The van der Waals surface area contributed by atoms with Gasteiger partial charge < -0.3 is 10.6 Å². The quantitative estimate of drug-likeness (QED) is 0.866. The third-order valence-electron chi connectivity index (χ3n) is 4.14. The number of nitrogens with zero attached hydrogens (tertiary/aromatic N) is 3. The first-order chi connectivity index (χ1) is 9.26. The van der Waals surface area contributed by atoms with E-state index in [2.05, 4.69) is 32.4 Å². The smallest absolute Gasteiger partial charge is 0.132 e. The average Bonchev–Trinajstić information content (AvgIpc) is 2.94. The maximum atomic E-state index is 4.51. The molecule has 2 atom stereocenters. The largest absolute Gasteiger partial charge is 0.370 e. The summed E-state index contributed by atoms with van der Waals surface area (Å²) in [5.41, 5.74) is 0. The van der Waals surface area contributed by atoms with Crippen LogP contribution in [0.5, 0.6) is 0 Å². The fourth-order valence-electron chi connectivity index (χ4n) is 3.35. The Kier molecular flexibility index (Phi) is 3.55. The molecule has 5 nitrogen and oxygen atoms in total. The molecule has 0 saturated carbocycles. The Morgan fingerprint density at radius 2 is 2.11 bits per heavy atom. The number of aromatic nitrogens is 2. The summed E-state index contributed by atoms with van der Waals surface area (Å²) >= 11 is 0. The van der Waals surface area contributed by atoms with Crippen molar-refractivity contribution in [1.29, 1.82) is 0 Å². The lowest BCUT2D eigenvalue weighted by Crippen LogP contribution is -2.34. The van der Waals surface area contributed by atoms with Crippen LogP contribution < -0.4 is 10.6 Å². The number of hydrogen-bond donors (Lipinski definition) is 2. The number of fused-ring (bicyclic) bond motifs is 1. The molecule has 3 rings (SSSR count). The highest BCUT2D eigenvalue weighted by Crippen LogP contribution is 2.30. The second-order valence-electron chi connectivity index (χ2n) is 5.50. The molecule has 0 bridgehead atoms. The molecule has 19 heavy (non-hydrogen) atoms. The van der Waals surface area contributed by atoms with Crippen molar-refractivity contribution < 1.29 is 0 Å². The predicted octanol–water partition coefficient (Wildman–Crippen LogP) is 1.87. The lowest BCUT2D eigenvalue weighted by Gasteiger charge is -2.22. The number of aryl methyl sites for hydroxylation is 1. The van der Waals surface area contributed by atoms with Crippen molar-refractivity contribution in [3.05, 3.63) is 11.9 Å². The highest BCUT2D eigenvalue weighted by Gasteiger charge is 2.37. The molecule has 0 spiro atoms. The minimum atomic E-state index is 0.547. The van der Waals surface area contributed by atoms with E-state index in [0.29, 0.717) is 12.1 Å². The van der Waals surface area contributed by atoms with Gasteiger partial charge in [0.2, 0.25) is 0 Å². The minimum absolute atomic E-state index is 0.547. The normalized spacial score (nSPS) is 26.4. The number of anilines is 2. The molecule has 0 aromatic carbocycles. The molecule has 0 aliphatic carbocycles. The lowest BCUT2D eigenvalue weighted by molar-refractivity contribution is 0.318. The van der Waals surface area contributed by atoms with Crippen LogP contribution in [0.4, 0.5) is 11.6 Å². The molecule has 2 aliphatic rings. The molecular weight excluding hydrogens is 238 g/mol. The Morgan fingerprint density at radius 1 is 1.26 bits per heavy atom. The van der Waals surface area contributed by atoms with Crippen LogP contribution in [0.3, 0.4) is 0 Å². The van der Waals surface area contributed by atoms with E-state index < -0.39 is 0 Å². The van der Waals surface area contributed by atoms with Crippen LogP contribution >= 0.6 is 0 Å². The summed E-state index contributed by atoms with van der Waals surface area (Å²) in [6.45, 7) is 7.41. The van der Waals surface area contributed by atoms with Gasteiger partial charge in [-0.15, -0.1) is 0 Å². The predicted molar refractivity (Wildman–Crippen MR) is 77.6 cm³/mol. The molecule has 2 aliphatic heterocycles. The van der Waals surface area contributed by atoms with Crippen molar-refractivity contribution in [3.8, 4) is 0 Å². The van der Waals surface area contributed by atoms with Crippen LogP contribution in [0.25, 0.3) is 0 Å². The van der Waals surface area contributed by atoms with Gasteiger partial charge in [0.15, 0.2) is 0 Å². The molecule has 3 heterocycles. The number of hydrogen-bond acceptors (Lipinski definition) is 5. The highest BCUT2D eigenvalue weighted by molar-refractivity contribution is 5.48. The first-order valence-electron chi connectivity index (χ1n) is 7.36. The number of rotatable bonds is 4. The van der Waals surface area contributed by atoms with E-state index in [1.54, 1.807) is 0 Å². The molecule has 2 saturated heterocycles. The minimum Gasteiger partial charge on any atom is -0.370 e. The third-order valence-corrected chi connectivity index (χ3v) is 4.14. The number of nitrogens with one attached hydrogen (secondary N) is 2. The molecule has 104 valence electrons. The van der Waals surface area contributed by atoms with E-state index in [-0.39, 0.29) is 0 Å². The Balaban J connectivity index is 1.72. The van der Waals surface area contributed by atoms with Crippen LogP contribution in [0.2, 0.25) is 0 Å². The van der Waals surface area contributed by atoms with Crippen LogP contribution in [0.1, 0.15) is 32.0 Å². The molecular formula is C14H23N5. The first-order valence-corrected chi connectivity index (χ1v) is 7.36. The molecule has 5 heteroatoms. The van der Waals surface area contributed by atoms with Gasteiger partial charge in [0.05, 0.1) is 0 Å². The molecule has 2 unspecified atom stereocenters. The molecule has 0 radical (unpaired) electrons. The van der Waals surface area contributed by atoms with Crippen molar-refractivity contribution in [2.75, 3.05) is 30.3 Å². The van der Waals surface area contributed by atoms with Gasteiger partial charge in [-0.25, -0.2) is 9.97 Å². The maximum absolute atomic E-state index is 4.51. The Bertz CT molecular complexity index is 447. The molecule has 1 aromatic rings. The van der Waals surface area contributed by atoms with E-state index in [1.807, 2.05) is 13.0 Å². The Morgan fingerprint density at radius 3 is 2.95 bits per heavy atom. The Labute approximate surface area is 114 Å². The second kappa shape index (κ2) is 5.33. The van der Waals surface area contributed by atoms with E-state index in [4.69, 9.17) is 0 Å². The second-order valence-corrected chi connectivity index (χ2v) is 5.50. The van der Waals surface area contributed by atoms with E-state index in [0.717, 1.165) is 24.0 Å².